The fourth-order valence-electron chi connectivity index (χ4n) is 1.74. The summed E-state index contributed by atoms with van der Waals surface area (Å²) in [6.07, 6.45) is 2.52. The lowest BCUT2D eigenvalue weighted by molar-refractivity contribution is 0.874. The summed E-state index contributed by atoms with van der Waals surface area (Å²) < 4.78 is 1.03. The molecule has 1 fully saturated rings. The van der Waals surface area contributed by atoms with Crippen LogP contribution in [0.25, 0.3) is 0 Å². The van der Waals surface area contributed by atoms with Gasteiger partial charge < -0.3 is 4.90 Å². The fourth-order valence-corrected chi connectivity index (χ4v) is 1.92. The molecule has 0 amide bonds. The number of aromatic nitrogens is 2. The molecule has 2 heterocycles. The largest absolute Gasteiger partial charge is 0.341 e. The lowest BCUT2D eigenvalue weighted by Crippen LogP contribution is -2.21. The van der Waals surface area contributed by atoms with Crippen molar-refractivity contribution in [2.24, 2.45) is 0 Å². The smallest absolute Gasteiger partial charge is 0.225 e. The SMILES string of the molecule is Cc1nc(N2CCCC2)nc(C)c1Br. The Morgan fingerprint density at radius 2 is 1.57 bits per heavy atom. The van der Waals surface area contributed by atoms with Crippen LogP contribution in [0.1, 0.15) is 24.2 Å². The molecule has 0 radical (unpaired) electrons. The number of rotatable bonds is 1. The van der Waals surface area contributed by atoms with Crippen molar-refractivity contribution in [1.29, 1.82) is 0 Å². The zero-order chi connectivity index (χ0) is 10.1. The van der Waals surface area contributed by atoms with Gasteiger partial charge in [0, 0.05) is 13.1 Å². The molecule has 0 saturated carbocycles. The summed E-state index contributed by atoms with van der Waals surface area (Å²) in [5.74, 6) is 0.890. The van der Waals surface area contributed by atoms with Crippen LogP contribution in [0.5, 0.6) is 0 Å². The standard InChI is InChI=1S/C10H14BrN3/c1-7-9(11)8(2)13-10(12-7)14-5-3-4-6-14/h3-6H2,1-2H3. The molecule has 1 saturated heterocycles. The molecule has 0 spiro atoms. The number of aryl methyl sites for hydroxylation is 2. The molecule has 2 rings (SSSR count). The van der Waals surface area contributed by atoms with Gasteiger partial charge in [0.25, 0.3) is 0 Å². The average Bonchev–Trinajstić information content (AvgIpc) is 2.66. The average molecular weight is 256 g/mol. The van der Waals surface area contributed by atoms with Crippen LogP contribution in [0, 0.1) is 13.8 Å². The highest BCUT2D eigenvalue weighted by Crippen LogP contribution is 2.22. The van der Waals surface area contributed by atoms with E-state index in [2.05, 4.69) is 30.8 Å². The molecule has 0 atom stereocenters. The fraction of sp³-hybridized carbons (Fsp3) is 0.600. The highest BCUT2D eigenvalue weighted by atomic mass is 79.9. The summed E-state index contributed by atoms with van der Waals surface area (Å²) in [6, 6.07) is 0. The van der Waals surface area contributed by atoms with E-state index in [9.17, 15) is 0 Å². The van der Waals surface area contributed by atoms with E-state index in [0.29, 0.717) is 0 Å². The van der Waals surface area contributed by atoms with Gasteiger partial charge in [0.05, 0.1) is 15.9 Å². The zero-order valence-electron chi connectivity index (χ0n) is 8.55. The highest BCUT2D eigenvalue weighted by molar-refractivity contribution is 9.10. The molecule has 0 aromatic carbocycles. The van der Waals surface area contributed by atoms with E-state index in [1.54, 1.807) is 0 Å². The van der Waals surface area contributed by atoms with E-state index in [4.69, 9.17) is 0 Å². The van der Waals surface area contributed by atoms with Crippen molar-refractivity contribution >= 4 is 21.9 Å². The van der Waals surface area contributed by atoms with Crippen molar-refractivity contribution in [2.75, 3.05) is 18.0 Å². The van der Waals surface area contributed by atoms with E-state index >= 15 is 0 Å². The first-order valence-electron chi connectivity index (χ1n) is 4.94. The molecule has 3 nitrogen and oxygen atoms in total. The molecule has 76 valence electrons. The molecular weight excluding hydrogens is 242 g/mol. The maximum absolute atomic E-state index is 4.48. The number of hydrogen-bond acceptors (Lipinski definition) is 3. The Balaban J connectivity index is 2.34. The van der Waals surface area contributed by atoms with E-state index in [1.165, 1.54) is 12.8 Å². The Labute approximate surface area is 92.7 Å². The predicted octanol–water partition coefficient (Wildman–Crippen LogP) is 2.46. The van der Waals surface area contributed by atoms with Crippen LogP contribution in [0.4, 0.5) is 5.95 Å². The van der Waals surface area contributed by atoms with Gasteiger partial charge in [-0.05, 0) is 42.6 Å². The first-order chi connectivity index (χ1) is 6.68. The summed E-state index contributed by atoms with van der Waals surface area (Å²) in [7, 11) is 0. The van der Waals surface area contributed by atoms with Crippen LogP contribution in [-0.4, -0.2) is 23.1 Å². The molecule has 1 aliphatic rings. The molecule has 14 heavy (non-hydrogen) atoms. The highest BCUT2D eigenvalue weighted by Gasteiger charge is 2.16. The quantitative estimate of drug-likeness (QED) is 0.772. The predicted molar refractivity (Wildman–Crippen MR) is 60.7 cm³/mol. The third-order valence-electron chi connectivity index (χ3n) is 2.56. The summed E-state index contributed by atoms with van der Waals surface area (Å²) >= 11 is 3.48. The lowest BCUT2D eigenvalue weighted by Gasteiger charge is -2.16. The van der Waals surface area contributed by atoms with Gasteiger partial charge in [-0.15, -0.1) is 0 Å². The van der Waals surface area contributed by atoms with Gasteiger partial charge in [0.2, 0.25) is 5.95 Å². The summed E-state index contributed by atoms with van der Waals surface area (Å²) in [6.45, 7) is 6.22. The van der Waals surface area contributed by atoms with E-state index in [0.717, 1.165) is 34.9 Å². The minimum atomic E-state index is 0.890. The van der Waals surface area contributed by atoms with Crippen molar-refractivity contribution in [1.82, 2.24) is 9.97 Å². The number of anilines is 1. The summed E-state index contributed by atoms with van der Waals surface area (Å²) in [5.41, 5.74) is 2.05. The maximum Gasteiger partial charge on any atom is 0.225 e. The monoisotopic (exact) mass is 255 g/mol. The maximum atomic E-state index is 4.48. The third-order valence-corrected chi connectivity index (χ3v) is 3.71. The van der Waals surface area contributed by atoms with E-state index < -0.39 is 0 Å². The normalized spacial score (nSPS) is 16.4. The van der Waals surface area contributed by atoms with E-state index in [1.807, 2.05) is 13.8 Å². The van der Waals surface area contributed by atoms with Crippen molar-refractivity contribution in [3.05, 3.63) is 15.9 Å². The number of hydrogen-bond donors (Lipinski definition) is 0. The van der Waals surface area contributed by atoms with Gasteiger partial charge in [-0.2, -0.15) is 0 Å². The second-order valence-corrected chi connectivity index (χ2v) is 4.50. The second-order valence-electron chi connectivity index (χ2n) is 3.70. The first-order valence-corrected chi connectivity index (χ1v) is 5.73. The number of nitrogens with zero attached hydrogens (tertiary/aromatic N) is 3. The summed E-state index contributed by atoms with van der Waals surface area (Å²) in [5, 5.41) is 0. The molecule has 0 bridgehead atoms. The van der Waals surface area contributed by atoms with Gasteiger partial charge in [0.1, 0.15) is 0 Å². The number of halogens is 1. The van der Waals surface area contributed by atoms with Gasteiger partial charge in [-0.25, -0.2) is 9.97 Å². The summed E-state index contributed by atoms with van der Waals surface area (Å²) in [4.78, 5) is 11.2. The molecule has 1 aromatic heterocycles. The molecule has 1 aromatic rings. The molecule has 0 unspecified atom stereocenters. The molecule has 0 N–H and O–H groups in total. The molecule has 0 aliphatic carbocycles. The Kier molecular flexibility index (Phi) is 2.72. The van der Waals surface area contributed by atoms with Crippen LogP contribution in [-0.2, 0) is 0 Å². The van der Waals surface area contributed by atoms with E-state index in [-0.39, 0.29) is 0 Å². The Hall–Kier alpha value is -0.640. The first kappa shape index (κ1) is 9.90. The molecule has 1 aliphatic heterocycles. The zero-order valence-corrected chi connectivity index (χ0v) is 10.1. The van der Waals surface area contributed by atoms with Gasteiger partial charge in [0.15, 0.2) is 0 Å². The van der Waals surface area contributed by atoms with Crippen LogP contribution >= 0.6 is 15.9 Å². The van der Waals surface area contributed by atoms with Crippen molar-refractivity contribution in [3.8, 4) is 0 Å². The minimum Gasteiger partial charge on any atom is -0.341 e. The Morgan fingerprint density at radius 3 is 2.07 bits per heavy atom. The van der Waals surface area contributed by atoms with Crippen LogP contribution in [0.3, 0.4) is 0 Å². The van der Waals surface area contributed by atoms with Gasteiger partial charge in [-0.3, -0.25) is 0 Å². The second kappa shape index (κ2) is 3.85. The van der Waals surface area contributed by atoms with Crippen molar-refractivity contribution in [2.45, 2.75) is 26.7 Å². The molecule has 4 heteroatoms. The Morgan fingerprint density at radius 1 is 1.07 bits per heavy atom. The molecular formula is C10H14BrN3. The van der Waals surface area contributed by atoms with Crippen LogP contribution in [0.2, 0.25) is 0 Å². The van der Waals surface area contributed by atoms with Crippen LogP contribution in [0.15, 0.2) is 4.47 Å². The van der Waals surface area contributed by atoms with Crippen LogP contribution < -0.4 is 4.90 Å². The van der Waals surface area contributed by atoms with Crippen molar-refractivity contribution in [3.63, 3.8) is 0 Å². The topological polar surface area (TPSA) is 29.0 Å². The van der Waals surface area contributed by atoms with Crippen molar-refractivity contribution < 1.29 is 0 Å². The lowest BCUT2D eigenvalue weighted by atomic mass is 10.3. The van der Waals surface area contributed by atoms with Gasteiger partial charge in [-0.1, -0.05) is 0 Å². The Bertz CT molecular complexity index is 322. The van der Waals surface area contributed by atoms with Gasteiger partial charge >= 0.3 is 0 Å². The minimum absolute atomic E-state index is 0.890. The third kappa shape index (κ3) is 1.75.